The summed E-state index contributed by atoms with van der Waals surface area (Å²) in [5.74, 6) is 0. The van der Waals surface area contributed by atoms with Gasteiger partial charge in [0, 0.05) is 29.4 Å². The predicted molar refractivity (Wildman–Crippen MR) is 67.0 cm³/mol. The molecule has 1 aliphatic heterocycles. The van der Waals surface area contributed by atoms with E-state index in [0.717, 1.165) is 42.6 Å². The molecule has 0 unspecified atom stereocenters. The maximum absolute atomic E-state index is 5.31. The van der Waals surface area contributed by atoms with E-state index in [4.69, 9.17) is 4.74 Å². The minimum Gasteiger partial charge on any atom is -0.379 e. The molecule has 0 radical (unpaired) electrons. The minimum absolute atomic E-state index is 0.846. The van der Waals surface area contributed by atoms with Gasteiger partial charge in [-0.15, -0.1) is 25.3 Å². The van der Waals surface area contributed by atoms with Gasteiger partial charge in [0.05, 0.1) is 13.2 Å². The Morgan fingerprint density at radius 3 is 2.53 bits per heavy atom. The van der Waals surface area contributed by atoms with Crippen molar-refractivity contribution in [3.05, 3.63) is 23.8 Å². The maximum Gasteiger partial charge on any atom is 0.0594 e. The van der Waals surface area contributed by atoms with Gasteiger partial charge in [-0.2, -0.15) is 0 Å². The van der Waals surface area contributed by atoms with Gasteiger partial charge < -0.3 is 4.74 Å². The van der Waals surface area contributed by atoms with Crippen molar-refractivity contribution in [2.75, 3.05) is 26.3 Å². The van der Waals surface area contributed by atoms with Crippen LogP contribution in [0.1, 0.15) is 5.56 Å². The molecule has 1 saturated heterocycles. The molecule has 82 valence electrons. The van der Waals surface area contributed by atoms with E-state index in [1.807, 2.05) is 6.07 Å². The van der Waals surface area contributed by atoms with Gasteiger partial charge in [-0.1, -0.05) is 6.07 Å². The van der Waals surface area contributed by atoms with Crippen LogP contribution in [0.4, 0.5) is 0 Å². The fourth-order valence-corrected chi connectivity index (χ4v) is 2.06. The molecular weight excluding hydrogens is 226 g/mol. The van der Waals surface area contributed by atoms with Crippen LogP contribution in [0, 0.1) is 0 Å². The first-order valence-corrected chi connectivity index (χ1v) is 5.96. The van der Waals surface area contributed by atoms with Crippen LogP contribution in [0.15, 0.2) is 28.0 Å². The summed E-state index contributed by atoms with van der Waals surface area (Å²) in [6.07, 6.45) is 0. The van der Waals surface area contributed by atoms with Crippen LogP contribution >= 0.6 is 25.3 Å². The van der Waals surface area contributed by atoms with Crippen molar-refractivity contribution in [2.24, 2.45) is 0 Å². The first-order valence-electron chi connectivity index (χ1n) is 5.06. The first kappa shape index (κ1) is 11.3. The highest BCUT2D eigenvalue weighted by atomic mass is 32.1. The predicted octanol–water partition coefficient (Wildman–Crippen LogP) is 2.10. The average Bonchev–Trinajstić information content (AvgIpc) is 2.25. The molecule has 0 spiro atoms. The van der Waals surface area contributed by atoms with Crippen LogP contribution in [-0.2, 0) is 11.3 Å². The lowest BCUT2D eigenvalue weighted by atomic mass is 10.2. The van der Waals surface area contributed by atoms with E-state index in [1.54, 1.807) is 0 Å². The van der Waals surface area contributed by atoms with Crippen molar-refractivity contribution in [3.8, 4) is 0 Å². The topological polar surface area (TPSA) is 12.5 Å². The zero-order valence-electron chi connectivity index (χ0n) is 8.52. The summed E-state index contributed by atoms with van der Waals surface area (Å²) in [5, 5.41) is 0. The number of hydrogen-bond acceptors (Lipinski definition) is 4. The molecule has 1 aliphatic rings. The molecule has 2 rings (SSSR count). The van der Waals surface area contributed by atoms with Crippen molar-refractivity contribution >= 4 is 25.3 Å². The summed E-state index contributed by atoms with van der Waals surface area (Å²) in [7, 11) is 0. The molecule has 0 saturated carbocycles. The third-order valence-corrected chi connectivity index (χ3v) is 3.49. The summed E-state index contributed by atoms with van der Waals surface area (Å²) >= 11 is 8.67. The van der Waals surface area contributed by atoms with Gasteiger partial charge in [0.2, 0.25) is 0 Å². The molecule has 1 heterocycles. The SMILES string of the molecule is Sc1ccc(CN2CCOCC2)cc1S. The third kappa shape index (κ3) is 3.14. The molecular formula is C11H15NOS2. The highest BCUT2D eigenvalue weighted by molar-refractivity contribution is 7.83. The number of morpholine rings is 1. The molecule has 0 aliphatic carbocycles. The van der Waals surface area contributed by atoms with Gasteiger partial charge in [0.15, 0.2) is 0 Å². The van der Waals surface area contributed by atoms with Gasteiger partial charge >= 0.3 is 0 Å². The second-order valence-electron chi connectivity index (χ2n) is 3.71. The van der Waals surface area contributed by atoms with Gasteiger partial charge in [-0.05, 0) is 17.7 Å². The highest BCUT2D eigenvalue weighted by Crippen LogP contribution is 2.20. The zero-order chi connectivity index (χ0) is 10.7. The molecule has 2 nitrogen and oxygen atoms in total. The van der Waals surface area contributed by atoms with Crippen molar-refractivity contribution in [2.45, 2.75) is 16.3 Å². The Bertz CT molecular complexity index is 337. The lowest BCUT2D eigenvalue weighted by Crippen LogP contribution is -2.35. The lowest BCUT2D eigenvalue weighted by Gasteiger charge is -2.26. The molecule has 0 aromatic heterocycles. The van der Waals surface area contributed by atoms with E-state index < -0.39 is 0 Å². The quantitative estimate of drug-likeness (QED) is 0.769. The Morgan fingerprint density at radius 1 is 1.13 bits per heavy atom. The number of thiol groups is 2. The number of rotatable bonds is 2. The molecule has 1 fully saturated rings. The van der Waals surface area contributed by atoms with Crippen LogP contribution in [-0.4, -0.2) is 31.2 Å². The van der Waals surface area contributed by atoms with Gasteiger partial charge in [-0.3, -0.25) is 4.90 Å². The number of hydrogen-bond donors (Lipinski definition) is 2. The van der Waals surface area contributed by atoms with E-state index in [9.17, 15) is 0 Å². The molecule has 15 heavy (non-hydrogen) atoms. The van der Waals surface area contributed by atoms with Crippen LogP contribution in [0.3, 0.4) is 0 Å². The maximum atomic E-state index is 5.31. The second-order valence-corrected chi connectivity index (χ2v) is 4.68. The summed E-state index contributed by atoms with van der Waals surface area (Å²) in [6.45, 7) is 4.71. The monoisotopic (exact) mass is 241 g/mol. The Balaban J connectivity index is 2.00. The normalized spacial score (nSPS) is 18.0. The van der Waals surface area contributed by atoms with Gasteiger partial charge in [-0.25, -0.2) is 0 Å². The summed E-state index contributed by atoms with van der Waals surface area (Å²) < 4.78 is 5.31. The minimum atomic E-state index is 0.846. The van der Waals surface area contributed by atoms with Crippen LogP contribution in [0.25, 0.3) is 0 Å². The molecule has 4 heteroatoms. The van der Waals surface area contributed by atoms with Crippen LogP contribution in [0.2, 0.25) is 0 Å². The molecule has 0 N–H and O–H groups in total. The Morgan fingerprint density at radius 2 is 1.87 bits per heavy atom. The van der Waals surface area contributed by atoms with Gasteiger partial charge in [0.25, 0.3) is 0 Å². The largest absolute Gasteiger partial charge is 0.379 e. The van der Waals surface area contributed by atoms with E-state index >= 15 is 0 Å². The third-order valence-electron chi connectivity index (χ3n) is 2.55. The fourth-order valence-electron chi connectivity index (χ4n) is 1.68. The van der Waals surface area contributed by atoms with Gasteiger partial charge in [0.1, 0.15) is 0 Å². The van der Waals surface area contributed by atoms with Crippen molar-refractivity contribution in [1.29, 1.82) is 0 Å². The smallest absolute Gasteiger partial charge is 0.0594 e. The first-order chi connectivity index (χ1) is 7.25. The van der Waals surface area contributed by atoms with E-state index in [-0.39, 0.29) is 0 Å². The lowest BCUT2D eigenvalue weighted by molar-refractivity contribution is 0.0341. The van der Waals surface area contributed by atoms with Crippen LogP contribution < -0.4 is 0 Å². The van der Waals surface area contributed by atoms with Crippen molar-refractivity contribution in [3.63, 3.8) is 0 Å². The van der Waals surface area contributed by atoms with Crippen LogP contribution in [0.5, 0.6) is 0 Å². The van der Waals surface area contributed by atoms with E-state index in [0.29, 0.717) is 0 Å². The summed E-state index contributed by atoms with van der Waals surface area (Å²) in [6, 6.07) is 6.19. The molecule has 1 aromatic rings. The number of nitrogens with zero attached hydrogens (tertiary/aromatic N) is 1. The summed E-state index contributed by atoms with van der Waals surface area (Å²) in [4.78, 5) is 4.28. The molecule has 1 aromatic carbocycles. The fraction of sp³-hybridized carbons (Fsp3) is 0.455. The van der Waals surface area contributed by atoms with E-state index in [1.165, 1.54) is 5.56 Å². The summed E-state index contributed by atoms with van der Waals surface area (Å²) in [5.41, 5.74) is 1.29. The average molecular weight is 241 g/mol. The second kappa shape index (κ2) is 5.25. The molecule has 0 atom stereocenters. The van der Waals surface area contributed by atoms with Crippen molar-refractivity contribution in [1.82, 2.24) is 4.90 Å². The Hall–Kier alpha value is -0.160. The Labute approximate surface area is 101 Å². The van der Waals surface area contributed by atoms with E-state index in [2.05, 4.69) is 42.3 Å². The standard InChI is InChI=1S/C11H15NOS2/c14-10-2-1-9(7-11(10)15)8-12-3-5-13-6-4-12/h1-2,7,14-15H,3-6,8H2. The Kier molecular flexibility index (Phi) is 3.97. The molecule has 0 bridgehead atoms. The number of benzene rings is 1. The zero-order valence-corrected chi connectivity index (χ0v) is 10.3. The van der Waals surface area contributed by atoms with Crippen molar-refractivity contribution < 1.29 is 4.74 Å². The number of ether oxygens (including phenoxy) is 1. The molecule has 0 amide bonds. The highest BCUT2D eigenvalue weighted by Gasteiger charge is 2.10.